The van der Waals surface area contributed by atoms with Gasteiger partial charge in [0.15, 0.2) is 0 Å². The average molecular weight is 271 g/mol. The van der Waals surface area contributed by atoms with E-state index in [0.717, 1.165) is 17.2 Å². The largest absolute Gasteiger partial charge is 0.383 e. The van der Waals surface area contributed by atoms with Gasteiger partial charge in [-0.3, -0.25) is 4.79 Å². The van der Waals surface area contributed by atoms with Gasteiger partial charge in [-0.05, 0) is 25.7 Å². The van der Waals surface area contributed by atoms with E-state index in [1.807, 2.05) is 31.3 Å². The van der Waals surface area contributed by atoms with Gasteiger partial charge in [0.25, 0.3) is 5.91 Å². The fourth-order valence-electron chi connectivity index (χ4n) is 2.08. The van der Waals surface area contributed by atoms with Gasteiger partial charge in [0.1, 0.15) is 5.82 Å². The first-order valence-corrected chi connectivity index (χ1v) is 6.80. The van der Waals surface area contributed by atoms with Crippen LogP contribution in [0.1, 0.15) is 37.6 Å². The molecule has 0 radical (unpaired) electrons. The minimum absolute atomic E-state index is 0.0273. The maximum absolute atomic E-state index is 12.7. The van der Waals surface area contributed by atoms with Crippen LogP contribution in [-0.4, -0.2) is 28.4 Å². The summed E-state index contributed by atoms with van der Waals surface area (Å²) in [6.07, 6.45) is 2.46. The van der Waals surface area contributed by atoms with E-state index in [4.69, 9.17) is 5.73 Å². The van der Waals surface area contributed by atoms with Crippen LogP contribution in [0.5, 0.6) is 0 Å². The molecule has 106 valence electrons. The lowest BCUT2D eigenvalue weighted by Crippen LogP contribution is -2.44. The van der Waals surface area contributed by atoms with Gasteiger partial charge in [0.05, 0.1) is 5.56 Å². The Morgan fingerprint density at radius 3 is 2.50 bits per heavy atom. The number of carbonyl (C=O) groups is 1. The van der Waals surface area contributed by atoms with Gasteiger partial charge in [0, 0.05) is 24.2 Å². The Bertz CT molecular complexity index is 649. The summed E-state index contributed by atoms with van der Waals surface area (Å²) in [5, 5.41) is 1.67. The van der Waals surface area contributed by atoms with Crippen molar-refractivity contribution in [1.82, 2.24) is 9.88 Å². The van der Waals surface area contributed by atoms with Crippen molar-refractivity contribution in [3.63, 3.8) is 0 Å². The van der Waals surface area contributed by atoms with Gasteiger partial charge in [-0.15, -0.1) is 0 Å². The van der Waals surface area contributed by atoms with Crippen molar-refractivity contribution in [3.8, 4) is 0 Å². The predicted octanol–water partition coefficient (Wildman–Crippen LogP) is 3.08. The highest BCUT2D eigenvalue weighted by atomic mass is 16.2. The number of nitrogens with two attached hydrogens (primary N) is 1. The second-order valence-electron chi connectivity index (χ2n) is 5.63. The van der Waals surface area contributed by atoms with Crippen molar-refractivity contribution in [1.29, 1.82) is 0 Å². The van der Waals surface area contributed by atoms with Crippen LogP contribution in [0.25, 0.3) is 10.8 Å². The van der Waals surface area contributed by atoms with Crippen molar-refractivity contribution in [2.24, 2.45) is 0 Å². The number of anilines is 1. The number of nitrogens with zero attached hydrogens (tertiary/aromatic N) is 2. The lowest BCUT2D eigenvalue weighted by atomic mass is 9.98. The molecule has 1 amide bonds. The highest BCUT2D eigenvalue weighted by Gasteiger charge is 2.27. The third kappa shape index (κ3) is 2.33. The second kappa shape index (κ2) is 5.12. The zero-order valence-corrected chi connectivity index (χ0v) is 12.5. The lowest BCUT2D eigenvalue weighted by molar-refractivity contribution is 0.0622. The number of carbonyl (C=O) groups excluding carboxylic acids is 1. The third-order valence-corrected chi connectivity index (χ3v) is 4.13. The molecule has 0 saturated heterocycles. The summed E-state index contributed by atoms with van der Waals surface area (Å²) in [4.78, 5) is 18.6. The number of hydrogen-bond donors (Lipinski definition) is 1. The van der Waals surface area contributed by atoms with Crippen LogP contribution in [0, 0.1) is 0 Å². The molecule has 0 atom stereocenters. The van der Waals surface area contributed by atoms with Crippen LogP contribution in [0.3, 0.4) is 0 Å². The van der Waals surface area contributed by atoms with Gasteiger partial charge >= 0.3 is 0 Å². The molecule has 20 heavy (non-hydrogen) atoms. The molecule has 4 heteroatoms. The monoisotopic (exact) mass is 271 g/mol. The first-order chi connectivity index (χ1) is 9.38. The standard InChI is InChI=1S/C16H21N3O/c1-5-16(2,3)19(4)15(20)13-10-18-14(17)12-9-7-6-8-11(12)13/h6-10H,5H2,1-4H3,(H2,17,18). The molecule has 1 aromatic carbocycles. The molecule has 0 unspecified atom stereocenters. The molecular weight excluding hydrogens is 250 g/mol. The van der Waals surface area contributed by atoms with Crippen LogP contribution in [0.2, 0.25) is 0 Å². The molecular formula is C16H21N3O. The molecule has 2 aromatic rings. The van der Waals surface area contributed by atoms with Gasteiger partial charge in [-0.1, -0.05) is 31.2 Å². The highest BCUT2D eigenvalue weighted by molar-refractivity contribution is 6.09. The first-order valence-electron chi connectivity index (χ1n) is 6.80. The minimum Gasteiger partial charge on any atom is -0.383 e. The van der Waals surface area contributed by atoms with Crippen LogP contribution in [0.15, 0.2) is 30.5 Å². The molecule has 0 aliphatic carbocycles. The maximum Gasteiger partial charge on any atom is 0.256 e. The quantitative estimate of drug-likeness (QED) is 0.933. The van der Waals surface area contributed by atoms with Crippen LogP contribution in [0.4, 0.5) is 5.82 Å². The summed E-state index contributed by atoms with van der Waals surface area (Å²) in [5.74, 6) is 0.426. The highest BCUT2D eigenvalue weighted by Crippen LogP contribution is 2.26. The van der Waals surface area contributed by atoms with Gasteiger partial charge in [0.2, 0.25) is 0 Å². The van der Waals surface area contributed by atoms with Crippen molar-refractivity contribution in [2.75, 3.05) is 12.8 Å². The first kappa shape index (κ1) is 14.3. The zero-order chi connectivity index (χ0) is 14.9. The molecule has 0 aliphatic heterocycles. The van der Waals surface area contributed by atoms with Crippen molar-refractivity contribution >= 4 is 22.5 Å². The number of amides is 1. The zero-order valence-electron chi connectivity index (χ0n) is 12.5. The Kier molecular flexibility index (Phi) is 3.66. The molecule has 0 saturated carbocycles. The predicted molar refractivity (Wildman–Crippen MR) is 82.6 cm³/mol. The summed E-state index contributed by atoms with van der Waals surface area (Å²) >= 11 is 0. The van der Waals surface area contributed by atoms with E-state index in [9.17, 15) is 4.79 Å². The molecule has 1 aromatic heterocycles. The minimum atomic E-state index is -0.195. The van der Waals surface area contributed by atoms with Gasteiger partial charge < -0.3 is 10.6 Å². The molecule has 0 fully saturated rings. The number of nitrogen functional groups attached to an aromatic ring is 1. The smallest absolute Gasteiger partial charge is 0.256 e. The van der Waals surface area contributed by atoms with Crippen molar-refractivity contribution in [2.45, 2.75) is 32.7 Å². The molecule has 0 spiro atoms. The number of pyridine rings is 1. The van der Waals surface area contributed by atoms with Crippen molar-refractivity contribution in [3.05, 3.63) is 36.0 Å². The number of fused-ring (bicyclic) bond motifs is 1. The van der Waals surface area contributed by atoms with Crippen molar-refractivity contribution < 1.29 is 4.79 Å². The Morgan fingerprint density at radius 1 is 1.30 bits per heavy atom. The number of rotatable bonds is 3. The molecule has 0 bridgehead atoms. The Morgan fingerprint density at radius 2 is 1.90 bits per heavy atom. The van der Waals surface area contributed by atoms with E-state index in [-0.39, 0.29) is 11.4 Å². The molecule has 2 N–H and O–H groups in total. The summed E-state index contributed by atoms with van der Waals surface area (Å²) in [6, 6.07) is 7.60. The molecule has 4 nitrogen and oxygen atoms in total. The third-order valence-electron chi connectivity index (χ3n) is 4.13. The molecule has 1 heterocycles. The van der Waals surface area contributed by atoms with Crippen LogP contribution in [-0.2, 0) is 0 Å². The van der Waals surface area contributed by atoms with E-state index in [2.05, 4.69) is 25.8 Å². The van der Waals surface area contributed by atoms with Crippen LogP contribution < -0.4 is 5.73 Å². The lowest BCUT2D eigenvalue weighted by Gasteiger charge is -2.35. The summed E-state index contributed by atoms with van der Waals surface area (Å²) in [6.45, 7) is 6.18. The van der Waals surface area contributed by atoms with Gasteiger partial charge in [-0.25, -0.2) is 4.98 Å². The van der Waals surface area contributed by atoms with E-state index in [1.165, 1.54) is 0 Å². The molecule has 0 aliphatic rings. The fraction of sp³-hybridized carbons (Fsp3) is 0.375. The fourth-order valence-corrected chi connectivity index (χ4v) is 2.08. The average Bonchev–Trinajstić information content (AvgIpc) is 2.46. The number of aromatic nitrogens is 1. The topological polar surface area (TPSA) is 59.2 Å². The van der Waals surface area contributed by atoms with E-state index < -0.39 is 0 Å². The number of hydrogen-bond acceptors (Lipinski definition) is 3. The van der Waals surface area contributed by atoms with Crippen LogP contribution >= 0.6 is 0 Å². The Hall–Kier alpha value is -2.10. The van der Waals surface area contributed by atoms with E-state index in [1.54, 1.807) is 11.1 Å². The Labute approximate surface area is 119 Å². The Balaban J connectivity index is 2.54. The van der Waals surface area contributed by atoms with E-state index >= 15 is 0 Å². The maximum atomic E-state index is 12.7. The molecule has 2 rings (SSSR count). The summed E-state index contributed by atoms with van der Waals surface area (Å²) < 4.78 is 0. The normalized spacial score (nSPS) is 11.6. The number of benzene rings is 1. The summed E-state index contributed by atoms with van der Waals surface area (Å²) in [7, 11) is 1.83. The second-order valence-corrected chi connectivity index (χ2v) is 5.63. The summed E-state index contributed by atoms with van der Waals surface area (Å²) in [5.41, 5.74) is 6.28. The van der Waals surface area contributed by atoms with E-state index in [0.29, 0.717) is 11.4 Å². The van der Waals surface area contributed by atoms with Gasteiger partial charge in [-0.2, -0.15) is 0 Å². The SMILES string of the molecule is CCC(C)(C)N(C)C(=O)c1cnc(N)c2ccccc12.